The average molecular weight is 219 g/mol. The molecule has 0 aliphatic rings. The van der Waals surface area contributed by atoms with Gasteiger partial charge in [0.25, 0.3) is 0 Å². The predicted octanol–water partition coefficient (Wildman–Crippen LogP) is 1.83. The van der Waals surface area contributed by atoms with Crippen LogP contribution in [0.3, 0.4) is 0 Å². The fourth-order valence-corrected chi connectivity index (χ4v) is 1.29. The highest BCUT2D eigenvalue weighted by molar-refractivity contribution is 5.99. The third-order valence-corrected chi connectivity index (χ3v) is 2.07. The lowest BCUT2D eigenvalue weighted by atomic mass is 10.1. The molecule has 16 heavy (non-hydrogen) atoms. The van der Waals surface area contributed by atoms with Crippen molar-refractivity contribution in [2.45, 2.75) is 12.8 Å². The molecule has 0 bridgehead atoms. The molecule has 0 unspecified atom stereocenters. The minimum absolute atomic E-state index is 0.0426. The highest BCUT2D eigenvalue weighted by atomic mass is 16.4. The first-order valence-electron chi connectivity index (χ1n) is 4.86. The molecule has 1 aromatic rings. The average Bonchev–Trinajstić information content (AvgIpc) is 2.27. The number of aliphatic carboxylic acids is 1. The molecule has 0 saturated heterocycles. The molecule has 4 nitrogen and oxygen atoms in total. The number of aryl methyl sites for hydroxylation is 1. The molecule has 0 spiro atoms. The summed E-state index contributed by atoms with van der Waals surface area (Å²) >= 11 is 0. The molecule has 2 N–H and O–H groups in total. The number of hydrogen-bond acceptors (Lipinski definition) is 2. The van der Waals surface area contributed by atoms with Crippen LogP contribution in [0.25, 0.3) is 0 Å². The van der Waals surface area contributed by atoms with Gasteiger partial charge in [-0.2, -0.15) is 0 Å². The maximum Gasteiger partial charge on any atom is 0.303 e. The van der Waals surface area contributed by atoms with Crippen molar-refractivity contribution in [2.75, 3.05) is 5.32 Å². The van der Waals surface area contributed by atoms with Gasteiger partial charge >= 0.3 is 5.97 Å². The summed E-state index contributed by atoms with van der Waals surface area (Å²) in [4.78, 5) is 21.6. The number of benzene rings is 1. The molecule has 0 aliphatic heterocycles. The van der Waals surface area contributed by atoms with E-state index in [1.165, 1.54) is 6.08 Å². The zero-order chi connectivity index (χ0) is 12.0. The summed E-state index contributed by atoms with van der Waals surface area (Å²) in [5, 5.41) is 11.2. The van der Waals surface area contributed by atoms with Crippen LogP contribution >= 0.6 is 0 Å². The quantitative estimate of drug-likeness (QED) is 0.742. The van der Waals surface area contributed by atoms with Gasteiger partial charge in [0, 0.05) is 12.1 Å². The maximum atomic E-state index is 11.1. The van der Waals surface area contributed by atoms with Crippen LogP contribution in [-0.4, -0.2) is 17.0 Å². The topological polar surface area (TPSA) is 66.4 Å². The lowest BCUT2D eigenvalue weighted by Gasteiger charge is -2.08. The molecule has 1 rings (SSSR count). The second-order valence-corrected chi connectivity index (χ2v) is 3.24. The van der Waals surface area contributed by atoms with Gasteiger partial charge in [0.15, 0.2) is 0 Å². The van der Waals surface area contributed by atoms with Gasteiger partial charge in [-0.3, -0.25) is 9.59 Å². The first-order valence-corrected chi connectivity index (χ1v) is 4.86. The molecule has 0 atom stereocenters. The van der Waals surface area contributed by atoms with Gasteiger partial charge < -0.3 is 10.4 Å². The number of carboxylic acid groups (broad SMARTS) is 1. The van der Waals surface area contributed by atoms with Crippen LogP contribution in [0.5, 0.6) is 0 Å². The molecule has 84 valence electrons. The number of hydrogen-bond donors (Lipinski definition) is 2. The van der Waals surface area contributed by atoms with Crippen LogP contribution in [0, 0.1) is 0 Å². The van der Waals surface area contributed by atoms with Gasteiger partial charge in [-0.05, 0) is 24.1 Å². The van der Waals surface area contributed by atoms with Crippen molar-refractivity contribution in [1.82, 2.24) is 0 Å². The Morgan fingerprint density at radius 2 is 2.06 bits per heavy atom. The molecule has 1 aromatic carbocycles. The fraction of sp³-hybridized carbons (Fsp3) is 0.167. The van der Waals surface area contributed by atoms with E-state index >= 15 is 0 Å². The lowest BCUT2D eigenvalue weighted by Crippen LogP contribution is -2.10. The van der Waals surface area contributed by atoms with Gasteiger partial charge in [-0.1, -0.05) is 24.8 Å². The Kier molecular flexibility index (Phi) is 4.27. The van der Waals surface area contributed by atoms with Crippen LogP contribution in [0.4, 0.5) is 5.69 Å². The highest BCUT2D eigenvalue weighted by Crippen LogP contribution is 2.16. The van der Waals surface area contributed by atoms with Crippen molar-refractivity contribution in [3.05, 3.63) is 42.5 Å². The number of anilines is 1. The minimum Gasteiger partial charge on any atom is -0.481 e. The third-order valence-electron chi connectivity index (χ3n) is 2.07. The van der Waals surface area contributed by atoms with Crippen molar-refractivity contribution >= 4 is 17.6 Å². The zero-order valence-corrected chi connectivity index (χ0v) is 8.77. The number of carbonyl (C=O) groups is 2. The molecule has 1 amide bonds. The van der Waals surface area contributed by atoms with E-state index in [0.717, 1.165) is 5.56 Å². The van der Waals surface area contributed by atoms with Gasteiger partial charge in [0.2, 0.25) is 5.91 Å². The Morgan fingerprint density at radius 3 is 2.69 bits per heavy atom. The molecule has 0 fully saturated rings. The van der Waals surface area contributed by atoms with E-state index < -0.39 is 5.97 Å². The van der Waals surface area contributed by atoms with Crippen molar-refractivity contribution in [3.63, 3.8) is 0 Å². The summed E-state index contributed by atoms with van der Waals surface area (Å²) in [6, 6.07) is 7.12. The summed E-state index contributed by atoms with van der Waals surface area (Å²) in [5.41, 5.74) is 1.44. The number of nitrogens with one attached hydrogen (secondary N) is 1. The summed E-state index contributed by atoms with van der Waals surface area (Å²) < 4.78 is 0. The van der Waals surface area contributed by atoms with E-state index in [4.69, 9.17) is 5.11 Å². The second kappa shape index (κ2) is 5.70. The number of carboxylic acids is 1. The molecule has 0 radical (unpaired) electrons. The Bertz CT molecular complexity index is 412. The highest BCUT2D eigenvalue weighted by Gasteiger charge is 2.05. The second-order valence-electron chi connectivity index (χ2n) is 3.24. The molecule has 0 aliphatic carbocycles. The normalized spacial score (nSPS) is 9.50. The van der Waals surface area contributed by atoms with Gasteiger partial charge in [0.05, 0.1) is 0 Å². The molecule has 0 heterocycles. The fourth-order valence-electron chi connectivity index (χ4n) is 1.29. The molecular weight excluding hydrogens is 206 g/mol. The van der Waals surface area contributed by atoms with Crippen LogP contribution in [-0.2, 0) is 16.0 Å². The van der Waals surface area contributed by atoms with Crippen molar-refractivity contribution in [3.8, 4) is 0 Å². The van der Waals surface area contributed by atoms with E-state index in [0.29, 0.717) is 12.1 Å². The number of amides is 1. The van der Waals surface area contributed by atoms with E-state index in [-0.39, 0.29) is 12.3 Å². The molecular formula is C12H13NO3. The van der Waals surface area contributed by atoms with Crippen molar-refractivity contribution in [1.29, 1.82) is 0 Å². The van der Waals surface area contributed by atoms with E-state index in [9.17, 15) is 9.59 Å². The van der Waals surface area contributed by atoms with Crippen LogP contribution in [0.2, 0.25) is 0 Å². The molecule has 4 heteroatoms. The van der Waals surface area contributed by atoms with Gasteiger partial charge in [-0.25, -0.2) is 0 Å². The largest absolute Gasteiger partial charge is 0.481 e. The van der Waals surface area contributed by atoms with E-state index in [1.54, 1.807) is 24.3 Å². The van der Waals surface area contributed by atoms with Crippen LogP contribution in [0.15, 0.2) is 36.9 Å². The first kappa shape index (κ1) is 12.0. The minimum atomic E-state index is -0.857. The van der Waals surface area contributed by atoms with Gasteiger partial charge in [0.1, 0.15) is 0 Å². The number of rotatable bonds is 5. The summed E-state index contributed by atoms with van der Waals surface area (Å²) in [6.45, 7) is 3.35. The number of para-hydroxylation sites is 1. The zero-order valence-electron chi connectivity index (χ0n) is 8.77. The van der Waals surface area contributed by atoms with E-state index in [1.807, 2.05) is 0 Å². The molecule has 0 saturated carbocycles. The summed E-state index contributed by atoms with van der Waals surface area (Å²) in [5.74, 6) is -1.16. The Morgan fingerprint density at radius 1 is 1.38 bits per heavy atom. The Balaban J connectivity index is 2.78. The smallest absolute Gasteiger partial charge is 0.303 e. The third kappa shape index (κ3) is 3.57. The monoisotopic (exact) mass is 219 g/mol. The summed E-state index contributed by atoms with van der Waals surface area (Å²) in [7, 11) is 0. The van der Waals surface area contributed by atoms with Crippen LogP contribution < -0.4 is 5.32 Å². The lowest BCUT2D eigenvalue weighted by molar-refractivity contribution is -0.136. The predicted molar refractivity (Wildman–Crippen MR) is 61.2 cm³/mol. The number of carbonyl (C=O) groups excluding carboxylic acids is 1. The SMILES string of the molecule is C=CC(=O)Nc1ccccc1CCC(=O)O. The van der Waals surface area contributed by atoms with Crippen molar-refractivity contribution < 1.29 is 14.7 Å². The Hall–Kier alpha value is -2.10. The van der Waals surface area contributed by atoms with Crippen LogP contribution in [0.1, 0.15) is 12.0 Å². The molecule has 0 aromatic heterocycles. The van der Waals surface area contributed by atoms with Crippen molar-refractivity contribution in [2.24, 2.45) is 0 Å². The van der Waals surface area contributed by atoms with E-state index in [2.05, 4.69) is 11.9 Å². The maximum absolute atomic E-state index is 11.1. The standard InChI is InChI=1S/C12H13NO3/c1-2-11(14)13-10-6-4-3-5-9(10)7-8-12(15)16/h2-6H,1,7-8H2,(H,13,14)(H,15,16). The Labute approximate surface area is 93.6 Å². The summed E-state index contributed by atoms with van der Waals surface area (Å²) in [6.07, 6.45) is 1.61. The first-order chi connectivity index (χ1) is 7.63. The van der Waals surface area contributed by atoms with Gasteiger partial charge in [-0.15, -0.1) is 0 Å².